The van der Waals surface area contributed by atoms with Gasteiger partial charge in [-0.25, -0.2) is 9.79 Å². The molecular weight excluding hydrogens is 661 g/mol. The van der Waals surface area contributed by atoms with E-state index in [1.54, 1.807) is 29.2 Å². The monoisotopic (exact) mass is 701 g/mol. The van der Waals surface area contributed by atoms with Crippen molar-refractivity contribution in [1.29, 1.82) is 0 Å². The number of carbonyl (C=O) groups excluding carboxylic acids is 2. The molecule has 0 spiro atoms. The number of halogens is 2. The standard InChI is InChI=1S/C33H41Cl2N7O6/c1-18(2)13-24(39-33(36)37)31(44)38-16-28(43)42-11-9-20(10-12-42)25-15-23(40-41(25)3)21-7-8-26(30(35)29(21)34)48-17-19-5-6-22(32(45)46)27(14-19)47-4/h5-8,14-15,18,20,24H,9-13,16-17H2,1-4H3,(H,38,44)(H,45,46)(H4,36,37,39). The number of carbonyl (C=O) groups is 3. The number of aryl methyl sites for hydroxylation is 1. The molecular formula is C33H41Cl2N7O6. The summed E-state index contributed by atoms with van der Waals surface area (Å²) < 4.78 is 12.9. The zero-order valence-corrected chi connectivity index (χ0v) is 28.8. The van der Waals surface area contributed by atoms with Crippen molar-refractivity contribution in [3.63, 3.8) is 0 Å². The van der Waals surface area contributed by atoms with Crippen LogP contribution in [0.1, 0.15) is 60.6 Å². The summed E-state index contributed by atoms with van der Waals surface area (Å²) in [5.74, 6) is -0.851. The van der Waals surface area contributed by atoms with Crippen LogP contribution < -0.4 is 26.3 Å². The molecule has 15 heteroatoms. The molecule has 0 radical (unpaired) electrons. The molecule has 258 valence electrons. The quantitative estimate of drug-likeness (QED) is 0.150. The topological polar surface area (TPSA) is 187 Å². The number of rotatable bonds is 13. The number of methoxy groups -OCH3 is 1. The highest BCUT2D eigenvalue weighted by molar-refractivity contribution is 6.44. The van der Waals surface area contributed by atoms with Crippen LogP contribution in [0.15, 0.2) is 41.4 Å². The summed E-state index contributed by atoms with van der Waals surface area (Å²) in [4.78, 5) is 42.7. The molecule has 48 heavy (non-hydrogen) atoms. The maximum atomic E-state index is 12.9. The second-order valence-corrected chi connectivity index (χ2v) is 12.8. The highest BCUT2D eigenvalue weighted by Gasteiger charge is 2.28. The summed E-state index contributed by atoms with van der Waals surface area (Å²) in [5.41, 5.74) is 14.0. The molecule has 3 aromatic rings. The van der Waals surface area contributed by atoms with Crippen LogP contribution >= 0.6 is 23.2 Å². The Morgan fingerprint density at radius 3 is 2.42 bits per heavy atom. The maximum Gasteiger partial charge on any atom is 0.339 e. The lowest BCUT2D eigenvalue weighted by molar-refractivity contribution is -0.134. The fraction of sp³-hybridized carbons (Fsp3) is 0.424. The van der Waals surface area contributed by atoms with Crippen molar-refractivity contribution in [3.05, 3.63) is 63.3 Å². The zero-order valence-electron chi connectivity index (χ0n) is 27.3. The summed E-state index contributed by atoms with van der Waals surface area (Å²) in [5, 5.41) is 17.2. The third-order valence-electron chi connectivity index (χ3n) is 8.11. The fourth-order valence-electron chi connectivity index (χ4n) is 5.66. The van der Waals surface area contributed by atoms with Gasteiger partial charge in [0.2, 0.25) is 11.8 Å². The van der Waals surface area contributed by atoms with Gasteiger partial charge >= 0.3 is 5.97 Å². The molecule has 13 nitrogen and oxygen atoms in total. The fourth-order valence-corrected chi connectivity index (χ4v) is 6.13. The molecule has 4 rings (SSSR count). The Kier molecular flexibility index (Phi) is 12.2. The Balaban J connectivity index is 1.36. The van der Waals surface area contributed by atoms with E-state index >= 15 is 0 Å². The van der Waals surface area contributed by atoms with E-state index in [9.17, 15) is 19.5 Å². The maximum absolute atomic E-state index is 12.9. The van der Waals surface area contributed by atoms with E-state index in [2.05, 4.69) is 10.3 Å². The normalized spacial score (nSPS) is 14.0. The summed E-state index contributed by atoms with van der Waals surface area (Å²) in [6.45, 7) is 4.99. The molecule has 0 aliphatic carbocycles. The number of nitrogens with zero attached hydrogens (tertiary/aromatic N) is 4. The second kappa shape index (κ2) is 16.1. The number of nitrogens with one attached hydrogen (secondary N) is 1. The molecule has 1 fully saturated rings. The minimum absolute atomic E-state index is 0.0536. The molecule has 1 aliphatic heterocycles. The SMILES string of the molecule is COc1cc(COc2ccc(-c3cc(C4CCN(C(=O)CNC(=O)C(CC(C)C)N=C(N)N)CC4)n(C)n3)c(Cl)c2Cl)ccc1C(=O)O. The van der Waals surface area contributed by atoms with Crippen LogP contribution in [0.2, 0.25) is 10.0 Å². The first-order valence-corrected chi connectivity index (χ1v) is 16.2. The van der Waals surface area contributed by atoms with Gasteiger partial charge in [-0.3, -0.25) is 14.3 Å². The zero-order chi connectivity index (χ0) is 35.1. The number of carboxylic acids is 1. The van der Waals surface area contributed by atoms with Crippen molar-refractivity contribution in [2.75, 3.05) is 26.7 Å². The van der Waals surface area contributed by atoms with Crippen molar-refractivity contribution >= 4 is 46.9 Å². The molecule has 1 aliphatic rings. The second-order valence-electron chi connectivity index (χ2n) is 12.0. The van der Waals surface area contributed by atoms with Crippen LogP contribution in [-0.2, 0) is 23.2 Å². The van der Waals surface area contributed by atoms with Crippen LogP contribution in [0.4, 0.5) is 0 Å². The molecule has 1 atom stereocenters. The first kappa shape index (κ1) is 36.3. The van der Waals surface area contributed by atoms with Crippen LogP contribution in [0.5, 0.6) is 11.5 Å². The molecule has 2 amide bonds. The highest BCUT2D eigenvalue weighted by atomic mass is 35.5. The van der Waals surface area contributed by atoms with Crippen LogP contribution in [0.3, 0.4) is 0 Å². The van der Waals surface area contributed by atoms with Crippen LogP contribution in [0, 0.1) is 5.92 Å². The summed E-state index contributed by atoms with van der Waals surface area (Å²) >= 11 is 13.3. The predicted molar refractivity (Wildman–Crippen MR) is 184 cm³/mol. The van der Waals surface area contributed by atoms with Gasteiger partial charge in [-0.2, -0.15) is 5.10 Å². The first-order valence-electron chi connectivity index (χ1n) is 15.5. The molecule has 1 saturated heterocycles. The number of hydrogen-bond acceptors (Lipinski definition) is 7. The minimum atomic E-state index is -1.09. The van der Waals surface area contributed by atoms with Gasteiger partial charge < -0.3 is 36.3 Å². The number of carboxylic acid groups (broad SMARTS) is 1. The highest BCUT2D eigenvalue weighted by Crippen LogP contribution is 2.40. The number of hydrogen-bond donors (Lipinski definition) is 4. The molecule has 2 heterocycles. The number of aliphatic imine (C=N–C) groups is 1. The van der Waals surface area contributed by atoms with E-state index < -0.39 is 12.0 Å². The lowest BCUT2D eigenvalue weighted by atomic mass is 9.92. The third kappa shape index (κ3) is 8.90. The molecule has 1 aromatic heterocycles. The van der Waals surface area contributed by atoms with E-state index in [0.717, 1.165) is 18.5 Å². The van der Waals surface area contributed by atoms with Gasteiger partial charge in [0, 0.05) is 37.3 Å². The van der Waals surface area contributed by atoms with Crippen molar-refractivity contribution < 1.29 is 29.0 Å². The predicted octanol–water partition coefficient (Wildman–Crippen LogP) is 4.19. The van der Waals surface area contributed by atoms with Gasteiger partial charge in [-0.15, -0.1) is 0 Å². The smallest absolute Gasteiger partial charge is 0.339 e. The number of piperidine rings is 1. The van der Waals surface area contributed by atoms with E-state index in [0.29, 0.717) is 42.1 Å². The van der Waals surface area contributed by atoms with Gasteiger partial charge in [0.05, 0.1) is 24.4 Å². The van der Waals surface area contributed by atoms with E-state index in [4.69, 9.17) is 49.2 Å². The molecule has 6 N–H and O–H groups in total. The number of guanidine groups is 1. The number of aromatic carboxylic acids is 1. The number of benzene rings is 2. The minimum Gasteiger partial charge on any atom is -0.496 e. The van der Waals surface area contributed by atoms with E-state index in [1.807, 2.05) is 31.6 Å². The lowest BCUT2D eigenvalue weighted by Gasteiger charge is -2.32. The van der Waals surface area contributed by atoms with Gasteiger partial charge in [-0.05, 0) is 61.1 Å². The molecule has 0 saturated carbocycles. The summed E-state index contributed by atoms with van der Waals surface area (Å²) in [7, 11) is 3.27. The van der Waals surface area contributed by atoms with Gasteiger partial charge in [0.25, 0.3) is 0 Å². The van der Waals surface area contributed by atoms with E-state index in [1.165, 1.54) is 13.2 Å². The Morgan fingerprint density at radius 2 is 1.79 bits per heavy atom. The third-order valence-corrected chi connectivity index (χ3v) is 8.98. The number of nitrogens with two attached hydrogens (primary N) is 2. The van der Waals surface area contributed by atoms with Crippen molar-refractivity contribution in [2.45, 2.75) is 51.7 Å². The van der Waals surface area contributed by atoms with Crippen LogP contribution in [-0.4, -0.2) is 76.3 Å². The number of likely N-dealkylation sites (tertiary alicyclic amines) is 1. The van der Waals surface area contributed by atoms with Gasteiger partial charge in [0.1, 0.15) is 34.7 Å². The number of ether oxygens (including phenoxy) is 2. The van der Waals surface area contributed by atoms with Gasteiger partial charge in [-0.1, -0.05) is 43.1 Å². The Bertz CT molecular complexity index is 1680. The molecule has 1 unspecified atom stereocenters. The van der Waals surface area contributed by atoms with Crippen molar-refractivity contribution in [2.24, 2.45) is 29.4 Å². The molecule has 0 bridgehead atoms. The Labute approximate surface area is 289 Å². The first-order chi connectivity index (χ1) is 22.8. The summed E-state index contributed by atoms with van der Waals surface area (Å²) in [6.07, 6.45) is 1.91. The average molecular weight is 703 g/mol. The molecule has 2 aromatic carbocycles. The van der Waals surface area contributed by atoms with Crippen molar-refractivity contribution in [3.8, 4) is 22.8 Å². The lowest BCUT2D eigenvalue weighted by Crippen LogP contribution is -2.46. The largest absolute Gasteiger partial charge is 0.496 e. The Morgan fingerprint density at radius 1 is 1.08 bits per heavy atom. The van der Waals surface area contributed by atoms with Crippen LogP contribution in [0.25, 0.3) is 11.3 Å². The Hall–Kier alpha value is -4.49. The number of aromatic nitrogens is 2. The van der Waals surface area contributed by atoms with Crippen molar-refractivity contribution in [1.82, 2.24) is 20.0 Å². The summed E-state index contributed by atoms with van der Waals surface area (Å²) in [6, 6.07) is 9.44. The van der Waals surface area contributed by atoms with Gasteiger partial charge in [0.15, 0.2) is 5.96 Å². The average Bonchev–Trinajstić information content (AvgIpc) is 3.44. The van der Waals surface area contributed by atoms with E-state index in [-0.39, 0.29) is 64.1 Å². The number of amides is 2.